The van der Waals surface area contributed by atoms with Crippen LogP contribution in [0, 0.1) is 11.7 Å². The van der Waals surface area contributed by atoms with Crippen LogP contribution in [0.25, 0.3) is 0 Å². The van der Waals surface area contributed by atoms with Crippen molar-refractivity contribution in [1.29, 1.82) is 0 Å². The quantitative estimate of drug-likeness (QED) is 0.872. The number of hydrogen-bond donors (Lipinski definition) is 2. The Kier molecular flexibility index (Phi) is 3.24. The van der Waals surface area contributed by atoms with Gasteiger partial charge >= 0.3 is 5.97 Å². The largest absolute Gasteiger partial charge is 0.508 e. The van der Waals surface area contributed by atoms with Gasteiger partial charge in [-0.1, -0.05) is 11.6 Å². The summed E-state index contributed by atoms with van der Waals surface area (Å²) in [6.45, 7) is 0. The van der Waals surface area contributed by atoms with Gasteiger partial charge in [0.15, 0.2) is 0 Å². The predicted octanol–water partition coefficient (Wildman–Crippen LogP) is 3.15. The van der Waals surface area contributed by atoms with E-state index in [1.54, 1.807) is 0 Å². The molecule has 1 aromatic carbocycles. The van der Waals surface area contributed by atoms with E-state index in [1.807, 2.05) is 0 Å². The van der Waals surface area contributed by atoms with Crippen molar-refractivity contribution in [1.82, 2.24) is 0 Å². The summed E-state index contributed by atoms with van der Waals surface area (Å²) in [7, 11) is 0. The van der Waals surface area contributed by atoms with Gasteiger partial charge in [-0.05, 0) is 30.9 Å². The summed E-state index contributed by atoms with van der Waals surface area (Å²) < 4.78 is 13.9. The molecule has 5 heteroatoms. The van der Waals surface area contributed by atoms with Gasteiger partial charge in [0.25, 0.3) is 0 Å². The lowest BCUT2D eigenvalue weighted by Crippen LogP contribution is -2.10. The zero-order valence-corrected chi connectivity index (χ0v) is 9.75. The molecule has 3 nitrogen and oxygen atoms in total. The van der Waals surface area contributed by atoms with Crippen molar-refractivity contribution in [2.45, 2.75) is 25.2 Å². The first kappa shape index (κ1) is 12.2. The maximum absolute atomic E-state index is 13.9. The molecule has 2 rings (SSSR count). The number of carbonyl (C=O) groups is 1. The van der Waals surface area contributed by atoms with Crippen LogP contribution in [0.1, 0.15) is 30.7 Å². The second-order valence-electron chi connectivity index (χ2n) is 4.34. The molecule has 2 N–H and O–H groups in total. The number of benzene rings is 1. The molecule has 0 saturated heterocycles. The first-order valence-electron chi connectivity index (χ1n) is 5.39. The number of halogens is 2. The van der Waals surface area contributed by atoms with Crippen LogP contribution in [0.15, 0.2) is 12.1 Å². The lowest BCUT2D eigenvalue weighted by molar-refractivity contribution is -0.137. The van der Waals surface area contributed by atoms with Gasteiger partial charge in [-0.3, -0.25) is 4.79 Å². The van der Waals surface area contributed by atoms with Gasteiger partial charge in [0.1, 0.15) is 11.6 Å². The SMILES string of the molecule is O=C(O)CC(c1c(O)ccc(Cl)c1F)C1CC1. The van der Waals surface area contributed by atoms with Crippen LogP contribution in [0.5, 0.6) is 5.75 Å². The average molecular weight is 259 g/mol. The highest BCUT2D eigenvalue weighted by molar-refractivity contribution is 6.30. The molecule has 0 bridgehead atoms. The first-order chi connectivity index (χ1) is 8.00. The lowest BCUT2D eigenvalue weighted by Gasteiger charge is -2.17. The maximum atomic E-state index is 13.9. The summed E-state index contributed by atoms with van der Waals surface area (Å²) in [4.78, 5) is 10.8. The normalized spacial score (nSPS) is 16.8. The van der Waals surface area contributed by atoms with E-state index in [-0.39, 0.29) is 28.7 Å². The van der Waals surface area contributed by atoms with Crippen LogP contribution in [0.2, 0.25) is 5.02 Å². The fraction of sp³-hybridized carbons (Fsp3) is 0.417. The highest BCUT2D eigenvalue weighted by atomic mass is 35.5. The summed E-state index contributed by atoms with van der Waals surface area (Å²) in [6, 6.07) is 2.57. The molecule has 0 amide bonds. The zero-order chi connectivity index (χ0) is 12.6. The van der Waals surface area contributed by atoms with E-state index in [0.29, 0.717) is 0 Å². The number of carboxylic acid groups (broad SMARTS) is 1. The third-order valence-electron chi connectivity index (χ3n) is 3.07. The van der Waals surface area contributed by atoms with Crippen LogP contribution in [-0.2, 0) is 4.79 Å². The van der Waals surface area contributed by atoms with Crippen molar-refractivity contribution in [3.63, 3.8) is 0 Å². The number of aromatic hydroxyl groups is 1. The van der Waals surface area contributed by atoms with Crippen molar-refractivity contribution in [3.8, 4) is 5.75 Å². The molecule has 17 heavy (non-hydrogen) atoms. The van der Waals surface area contributed by atoms with Gasteiger partial charge in [-0.25, -0.2) is 4.39 Å². The van der Waals surface area contributed by atoms with Gasteiger partial charge in [-0.15, -0.1) is 0 Å². The van der Waals surface area contributed by atoms with E-state index in [0.717, 1.165) is 12.8 Å². The van der Waals surface area contributed by atoms with Crippen molar-refractivity contribution in [2.24, 2.45) is 5.92 Å². The molecule has 0 aliphatic heterocycles. The summed E-state index contributed by atoms with van der Waals surface area (Å²) in [6.07, 6.45) is 1.54. The third-order valence-corrected chi connectivity index (χ3v) is 3.36. The Morgan fingerprint density at radius 3 is 2.71 bits per heavy atom. The minimum atomic E-state index is -0.999. The average Bonchev–Trinajstić information content (AvgIpc) is 3.06. The summed E-state index contributed by atoms with van der Waals surface area (Å²) >= 11 is 5.66. The van der Waals surface area contributed by atoms with E-state index in [2.05, 4.69) is 0 Å². The predicted molar refractivity (Wildman–Crippen MR) is 60.8 cm³/mol. The molecule has 92 valence electrons. The molecule has 0 spiro atoms. The van der Waals surface area contributed by atoms with Crippen LogP contribution < -0.4 is 0 Å². The Morgan fingerprint density at radius 2 is 2.18 bits per heavy atom. The molecule has 1 aliphatic rings. The van der Waals surface area contributed by atoms with E-state index >= 15 is 0 Å². The van der Waals surface area contributed by atoms with E-state index < -0.39 is 17.7 Å². The minimum absolute atomic E-state index is 0.0439. The Hall–Kier alpha value is -1.29. The number of phenols is 1. The summed E-state index contributed by atoms with van der Waals surface area (Å²) in [5.41, 5.74) is 0.0439. The highest BCUT2D eigenvalue weighted by Gasteiger charge is 2.37. The molecule has 1 aromatic rings. The van der Waals surface area contributed by atoms with Gasteiger partial charge in [0, 0.05) is 11.5 Å². The van der Waals surface area contributed by atoms with Crippen molar-refractivity contribution < 1.29 is 19.4 Å². The van der Waals surface area contributed by atoms with Crippen molar-refractivity contribution >= 4 is 17.6 Å². The topological polar surface area (TPSA) is 57.5 Å². The standard InChI is InChI=1S/C12H12ClFO3/c13-8-3-4-9(15)11(12(8)14)7(5-10(16)17)6-1-2-6/h3-4,6-7,15H,1-2,5H2,(H,16,17). The smallest absolute Gasteiger partial charge is 0.303 e. The molecule has 0 aromatic heterocycles. The van der Waals surface area contributed by atoms with Crippen LogP contribution in [-0.4, -0.2) is 16.2 Å². The van der Waals surface area contributed by atoms with Crippen molar-refractivity contribution in [2.75, 3.05) is 0 Å². The Labute approximate surface area is 103 Å². The first-order valence-corrected chi connectivity index (χ1v) is 5.77. The molecule has 0 radical (unpaired) electrons. The molecule has 1 atom stereocenters. The van der Waals surface area contributed by atoms with Crippen LogP contribution >= 0.6 is 11.6 Å². The number of rotatable bonds is 4. The Balaban J connectivity index is 2.41. The second-order valence-corrected chi connectivity index (χ2v) is 4.74. The van der Waals surface area contributed by atoms with Gasteiger partial charge in [0.2, 0.25) is 0 Å². The van der Waals surface area contributed by atoms with E-state index in [9.17, 15) is 14.3 Å². The maximum Gasteiger partial charge on any atom is 0.303 e. The van der Waals surface area contributed by atoms with Gasteiger partial charge < -0.3 is 10.2 Å². The summed E-state index contributed by atoms with van der Waals surface area (Å²) in [5.74, 6) is -2.29. The number of carboxylic acids is 1. The fourth-order valence-corrected chi connectivity index (χ4v) is 2.26. The highest BCUT2D eigenvalue weighted by Crippen LogP contribution is 2.48. The van der Waals surface area contributed by atoms with E-state index in [1.165, 1.54) is 12.1 Å². The fourth-order valence-electron chi connectivity index (χ4n) is 2.10. The van der Waals surface area contributed by atoms with Crippen molar-refractivity contribution in [3.05, 3.63) is 28.5 Å². The molecular weight excluding hydrogens is 247 g/mol. The molecule has 0 heterocycles. The third kappa shape index (κ3) is 2.52. The number of hydrogen-bond acceptors (Lipinski definition) is 2. The Bertz CT molecular complexity index is 457. The number of phenolic OH excluding ortho intramolecular Hbond substituents is 1. The molecular formula is C12H12ClFO3. The lowest BCUT2D eigenvalue weighted by atomic mass is 9.90. The van der Waals surface area contributed by atoms with Crippen LogP contribution in [0.3, 0.4) is 0 Å². The summed E-state index contributed by atoms with van der Waals surface area (Å²) in [5, 5.41) is 18.4. The van der Waals surface area contributed by atoms with Gasteiger partial charge in [0.05, 0.1) is 11.4 Å². The van der Waals surface area contributed by atoms with Crippen LogP contribution in [0.4, 0.5) is 4.39 Å². The zero-order valence-electron chi connectivity index (χ0n) is 8.99. The van der Waals surface area contributed by atoms with Gasteiger partial charge in [-0.2, -0.15) is 0 Å². The monoisotopic (exact) mass is 258 g/mol. The molecule has 1 unspecified atom stereocenters. The van der Waals surface area contributed by atoms with E-state index in [4.69, 9.17) is 16.7 Å². The second kappa shape index (κ2) is 4.53. The number of aliphatic carboxylic acids is 1. The molecule has 1 saturated carbocycles. The molecule has 1 aliphatic carbocycles. The minimum Gasteiger partial charge on any atom is -0.508 e. The Morgan fingerprint density at radius 1 is 1.53 bits per heavy atom. The molecule has 1 fully saturated rings.